The summed E-state index contributed by atoms with van der Waals surface area (Å²) in [4.78, 5) is 2.69. The monoisotopic (exact) mass is 315 g/mol. The van der Waals surface area contributed by atoms with Gasteiger partial charge in [0.1, 0.15) is 0 Å². The molecule has 0 aliphatic carbocycles. The van der Waals surface area contributed by atoms with E-state index in [9.17, 15) is 8.42 Å². The summed E-state index contributed by atoms with van der Waals surface area (Å²) >= 11 is 0. The molecule has 0 radical (unpaired) electrons. The zero-order valence-corrected chi connectivity index (χ0v) is 13.4. The van der Waals surface area contributed by atoms with E-state index in [1.54, 1.807) is 24.3 Å². The smallest absolute Gasteiger partial charge is 0.179 e. The van der Waals surface area contributed by atoms with E-state index in [0.29, 0.717) is 17.4 Å². The van der Waals surface area contributed by atoms with Crippen LogP contribution in [-0.2, 0) is 9.84 Å². The summed E-state index contributed by atoms with van der Waals surface area (Å²) < 4.78 is 24.6. The standard InChI is InChI=1S/C18H21NO2S/c20-22(21,18-9-5-2-6-10-18)14-13-19-12-11-17(15-19)16-7-3-1-4-8-16/h1-10,17H,11-15H2/t17-/m0/s1. The first-order valence-electron chi connectivity index (χ1n) is 7.70. The lowest BCUT2D eigenvalue weighted by molar-refractivity contribution is 0.354. The molecule has 4 heteroatoms. The molecule has 2 aromatic rings. The molecule has 2 aromatic carbocycles. The number of benzene rings is 2. The molecule has 0 unspecified atom stereocenters. The number of rotatable bonds is 5. The molecule has 0 amide bonds. The van der Waals surface area contributed by atoms with Crippen LogP contribution in [0.2, 0.25) is 0 Å². The summed E-state index contributed by atoms with van der Waals surface area (Å²) in [5, 5.41) is 0. The zero-order valence-electron chi connectivity index (χ0n) is 12.6. The Hall–Kier alpha value is -1.65. The molecule has 1 aliphatic rings. The molecule has 22 heavy (non-hydrogen) atoms. The fraction of sp³-hybridized carbons (Fsp3) is 0.333. The molecular weight excluding hydrogens is 294 g/mol. The van der Waals surface area contributed by atoms with Gasteiger partial charge in [-0.3, -0.25) is 0 Å². The zero-order chi connectivity index (χ0) is 15.4. The largest absolute Gasteiger partial charge is 0.302 e. The van der Waals surface area contributed by atoms with Gasteiger partial charge in [-0.2, -0.15) is 0 Å². The first-order chi connectivity index (χ1) is 10.6. The van der Waals surface area contributed by atoms with Gasteiger partial charge in [0.2, 0.25) is 0 Å². The van der Waals surface area contributed by atoms with E-state index < -0.39 is 9.84 Å². The van der Waals surface area contributed by atoms with E-state index in [1.165, 1.54) is 5.56 Å². The van der Waals surface area contributed by atoms with Gasteiger partial charge in [-0.05, 0) is 36.6 Å². The van der Waals surface area contributed by atoms with Crippen molar-refractivity contribution in [3.05, 3.63) is 66.2 Å². The first-order valence-corrected chi connectivity index (χ1v) is 9.35. The van der Waals surface area contributed by atoms with Gasteiger partial charge in [0.05, 0.1) is 10.6 Å². The second-order valence-corrected chi connectivity index (χ2v) is 7.94. The van der Waals surface area contributed by atoms with Crippen LogP contribution in [0.5, 0.6) is 0 Å². The minimum Gasteiger partial charge on any atom is -0.302 e. The van der Waals surface area contributed by atoms with E-state index in [0.717, 1.165) is 19.5 Å². The molecule has 0 bridgehead atoms. The molecule has 1 fully saturated rings. The van der Waals surface area contributed by atoms with Gasteiger partial charge in [-0.15, -0.1) is 0 Å². The summed E-state index contributed by atoms with van der Waals surface area (Å²) in [5.41, 5.74) is 1.36. The third-order valence-electron chi connectivity index (χ3n) is 4.32. The number of sulfone groups is 1. The van der Waals surface area contributed by atoms with Gasteiger partial charge in [0, 0.05) is 13.1 Å². The van der Waals surface area contributed by atoms with Gasteiger partial charge in [-0.1, -0.05) is 48.5 Å². The second kappa shape index (κ2) is 6.63. The van der Waals surface area contributed by atoms with Crippen LogP contribution in [0, 0.1) is 0 Å². The van der Waals surface area contributed by atoms with E-state index in [-0.39, 0.29) is 5.75 Å². The second-order valence-electron chi connectivity index (χ2n) is 5.83. The first kappa shape index (κ1) is 15.3. The molecule has 1 aliphatic heterocycles. The maximum Gasteiger partial charge on any atom is 0.179 e. The van der Waals surface area contributed by atoms with Crippen LogP contribution in [-0.4, -0.2) is 38.7 Å². The Kier molecular flexibility index (Phi) is 4.60. The maximum absolute atomic E-state index is 12.3. The molecule has 0 N–H and O–H groups in total. The lowest BCUT2D eigenvalue weighted by atomic mass is 9.99. The molecule has 0 saturated carbocycles. The highest BCUT2D eigenvalue weighted by Gasteiger charge is 2.25. The van der Waals surface area contributed by atoms with Gasteiger partial charge >= 0.3 is 0 Å². The Balaban J connectivity index is 1.57. The van der Waals surface area contributed by atoms with Crippen molar-refractivity contribution in [3.63, 3.8) is 0 Å². The Morgan fingerprint density at radius 1 is 0.955 bits per heavy atom. The van der Waals surface area contributed by atoms with Crippen molar-refractivity contribution in [2.45, 2.75) is 17.2 Å². The van der Waals surface area contributed by atoms with Crippen LogP contribution in [0.25, 0.3) is 0 Å². The Bertz CT molecular complexity index is 698. The molecular formula is C18H21NO2S. The normalized spacial score (nSPS) is 19.4. The van der Waals surface area contributed by atoms with Crippen molar-refractivity contribution in [1.82, 2.24) is 4.90 Å². The third kappa shape index (κ3) is 3.57. The molecule has 1 heterocycles. The Morgan fingerprint density at radius 2 is 1.59 bits per heavy atom. The molecule has 3 rings (SSSR count). The predicted octanol–water partition coefficient (Wildman–Crippen LogP) is 2.95. The van der Waals surface area contributed by atoms with Crippen LogP contribution in [0.15, 0.2) is 65.6 Å². The Morgan fingerprint density at radius 3 is 2.27 bits per heavy atom. The molecule has 0 spiro atoms. The summed E-state index contributed by atoms with van der Waals surface area (Å²) in [7, 11) is -3.17. The summed E-state index contributed by atoms with van der Waals surface area (Å²) in [6, 6.07) is 19.2. The van der Waals surface area contributed by atoms with E-state index in [4.69, 9.17) is 0 Å². The van der Waals surface area contributed by atoms with Crippen molar-refractivity contribution >= 4 is 9.84 Å². The van der Waals surface area contributed by atoms with E-state index in [2.05, 4.69) is 29.2 Å². The van der Waals surface area contributed by atoms with Gasteiger partial charge < -0.3 is 4.90 Å². The SMILES string of the molecule is O=S(=O)(CCN1CC[C@H](c2ccccc2)C1)c1ccccc1. The quantitative estimate of drug-likeness (QED) is 0.851. The van der Waals surface area contributed by atoms with Crippen molar-refractivity contribution in [2.75, 3.05) is 25.4 Å². The van der Waals surface area contributed by atoms with Crippen molar-refractivity contribution in [3.8, 4) is 0 Å². The van der Waals surface area contributed by atoms with Crippen LogP contribution in [0.1, 0.15) is 17.9 Å². The number of hydrogen-bond donors (Lipinski definition) is 0. The minimum absolute atomic E-state index is 0.193. The number of nitrogens with zero attached hydrogens (tertiary/aromatic N) is 1. The lowest BCUT2D eigenvalue weighted by Crippen LogP contribution is -2.27. The molecule has 3 nitrogen and oxygen atoms in total. The van der Waals surface area contributed by atoms with Crippen LogP contribution in [0.4, 0.5) is 0 Å². The highest BCUT2D eigenvalue weighted by atomic mass is 32.2. The number of hydrogen-bond acceptors (Lipinski definition) is 3. The van der Waals surface area contributed by atoms with Crippen molar-refractivity contribution < 1.29 is 8.42 Å². The van der Waals surface area contributed by atoms with Gasteiger partial charge in [0.15, 0.2) is 9.84 Å². The molecule has 1 atom stereocenters. The third-order valence-corrected chi connectivity index (χ3v) is 6.03. The van der Waals surface area contributed by atoms with E-state index in [1.807, 2.05) is 12.1 Å². The molecule has 0 aromatic heterocycles. The number of likely N-dealkylation sites (tertiary alicyclic amines) is 1. The van der Waals surface area contributed by atoms with E-state index >= 15 is 0 Å². The molecule has 1 saturated heterocycles. The molecule has 116 valence electrons. The van der Waals surface area contributed by atoms with Gasteiger partial charge in [-0.25, -0.2) is 8.42 Å². The van der Waals surface area contributed by atoms with Crippen LogP contribution < -0.4 is 0 Å². The van der Waals surface area contributed by atoms with Crippen molar-refractivity contribution in [1.29, 1.82) is 0 Å². The van der Waals surface area contributed by atoms with Crippen molar-refractivity contribution in [2.24, 2.45) is 0 Å². The highest BCUT2D eigenvalue weighted by Crippen LogP contribution is 2.26. The van der Waals surface area contributed by atoms with Crippen LogP contribution in [0.3, 0.4) is 0 Å². The summed E-state index contributed by atoms with van der Waals surface area (Å²) in [5.74, 6) is 0.721. The lowest BCUT2D eigenvalue weighted by Gasteiger charge is -2.16. The fourth-order valence-corrected chi connectivity index (χ4v) is 4.33. The predicted molar refractivity (Wildman–Crippen MR) is 88.7 cm³/mol. The summed E-state index contributed by atoms with van der Waals surface area (Å²) in [6.07, 6.45) is 1.11. The van der Waals surface area contributed by atoms with Crippen LogP contribution >= 0.6 is 0 Å². The average molecular weight is 315 g/mol. The fourth-order valence-electron chi connectivity index (χ4n) is 3.03. The maximum atomic E-state index is 12.3. The Labute approximate surface area is 132 Å². The van der Waals surface area contributed by atoms with Gasteiger partial charge in [0.25, 0.3) is 0 Å². The summed E-state index contributed by atoms with van der Waals surface area (Å²) in [6.45, 7) is 2.54. The minimum atomic E-state index is -3.17. The topological polar surface area (TPSA) is 37.4 Å². The average Bonchev–Trinajstić information content (AvgIpc) is 3.04. The highest BCUT2D eigenvalue weighted by molar-refractivity contribution is 7.91.